The number of aromatic nitrogens is 4. The molecule has 2 aromatic heterocycles. The Kier molecular flexibility index (Phi) is 3.75. The molecule has 0 unspecified atom stereocenters. The molecule has 1 aromatic carbocycles. The van der Waals surface area contributed by atoms with Gasteiger partial charge in [0.05, 0.1) is 17.2 Å². The van der Waals surface area contributed by atoms with Gasteiger partial charge >= 0.3 is 0 Å². The number of hydrogen-bond acceptors (Lipinski definition) is 3. The molecule has 0 bridgehead atoms. The normalized spacial score (nSPS) is 11.2. The van der Waals surface area contributed by atoms with Crippen molar-refractivity contribution in [1.82, 2.24) is 19.1 Å². The van der Waals surface area contributed by atoms with Gasteiger partial charge in [0.15, 0.2) is 0 Å². The number of fused-ring (bicyclic) bond motifs is 1. The molecule has 22 heavy (non-hydrogen) atoms. The van der Waals surface area contributed by atoms with Crippen molar-refractivity contribution >= 4 is 10.9 Å². The summed E-state index contributed by atoms with van der Waals surface area (Å²) < 4.78 is 17.1. The number of rotatable bonds is 4. The van der Waals surface area contributed by atoms with Crippen LogP contribution in [0.1, 0.15) is 17.8 Å². The Balaban J connectivity index is 1.82. The van der Waals surface area contributed by atoms with Crippen molar-refractivity contribution in [2.45, 2.75) is 33.4 Å². The highest BCUT2D eigenvalue weighted by Gasteiger charge is 2.08. The molecule has 3 rings (SSSR count). The highest BCUT2D eigenvalue weighted by atomic mass is 19.1. The summed E-state index contributed by atoms with van der Waals surface area (Å²) in [5, 5.41) is 0.459. The average molecular weight is 300 g/mol. The lowest BCUT2D eigenvalue weighted by molar-refractivity contribution is 0.543. The molecule has 0 spiro atoms. The summed E-state index contributed by atoms with van der Waals surface area (Å²) in [6.45, 7) is 4.95. The van der Waals surface area contributed by atoms with Crippen molar-refractivity contribution in [3.63, 3.8) is 0 Å². The van der Waals surface area contributed by atoms with Crippen LogP contribution in [0.25, 0.3) is 10.9 Å². The number of imidazole rings is 1. The molecule has 0 saturated carbocycles. The summed E-state index contributed by atoms with van der Waals surface area (Å²) in [5.74, 6) is 0.614. The number of hydrogen-bond donors (Lipinski definition) is 0. The third kappa shape index (κ3) is 2.64. The SMILES string of the molecule is Cc1cc2c(=O)n(CCCn3ccnc3C)cnc2cc1F. The molecule has 0 saturated heterocycles. The standard InChI is InChI=1S/C16H17FN4O/c1-11-8-13-15(9-14(11)17)19-10-21(16(13)22)6-3-5-20-7-4-18-12(20)2/h4,7-10H,3,5-6H2,1-2H3. The number of halogens is 1. The van der Waals surface area contributed by atoms with Gasteiger partial charge in [-0.15, -0.1) is 0 Å². The summed E-state index contributed by atoms with van der Waals surface area (Å²) in [7, 11) is 0. The smallest absolute Gasteiger partial charge is 0.261 e. The van der Waals surface area contributed by atoms with Gasteiger partial charge in [0.2, 0.25) is 0 Å². The Bertz CT molecular complexity index is 881. The molecular weight excluding hydrogens is 283 g/mol. The number of benzene rings is 1. The summed E-state index contributed by atoms with van der Waals surface area (Å²) in [4.78, 5) is 20.8. The average Bonchev–Trinajstić information content (AvgIpc) is 2.89. The molecule has 0 fully saturated rings. The van der Waals surface area contributed by atoms with Gasteiger partial charge < -0.3 is 4.57 Å². The van der Waals surface area contributed by atoms with Crippen molar-refractivity contribution < 1.29 is 4.39 Å². The molecule has 0 atom stereocenters. The lowest BCUT2D eigenvalue weighted by Crippen LogP contribution is -2.21. The first kappa shape index (κ1) is 14.4. The third-order valence-corrected chi connectivity index (χ3v) is 3.83. The lowest BCUT2D eigenvalue weighted by atomic mass is 10.1. The maximum Gasteiger partial charge on any atom is 0.261 e. The fourth-order valence-corrected chi connectivity index (χ4v) is 2.50. The van der Waals surface area contributed by atoms with E-state index >= 15 is 0 Å². The molecule has 6 heteroatoms. The van der Waals surface area contributed by atoms with Crippen LogP contribution in [0.4, 0.5) is 4.39 Å². The molecule has 5 nitrogen and oxygen atoms in total. The molecule has 2 heterocycles. The van der Waals surface area contributed by atoms with Crippen LogP contribution in [0.5, 0.6) is 0 Å². The Labute approximate surface area is 127 Å². The van der Waals surface area contributed by atoms with Crippen molar-refractivity contribution in [3.8, 4) is 0 Å². The summed E-state index contributed by atoms with van der Waals surface area (Å²) in [5.41, 5.74) is 0.725. The van der Waals surface area contributed by atoms with Crippen LogP contribution in [-0.2, 0) is 13.1 Å². The van der Waals surface area contributed by atoms with Crippen LogP contribution >= 0.6 is 0 Å². The van der Waals surface area contributed by atoms with Crippen LogP contribution < -0.4 is 5.56 Å². The quantitative estimate of drug-likeness (QED) is 0.743. The van der Waals surface area contributed by atoms with Crippen LogP contribution in [0.2, 0.25) is 0 Å². The monoisotopic (exact) mass is 300 g/mol. The van der Waals surface area contributed by atoms with E-state index in [0.717, 1.165) is 18.8 Å². The van der Waals surface area contributed by atoms with Gasteiger partial charge in [0.1, 0.15) is 11.6 Å². The van der Waals surface area contributed by atoms with Crippen molar-refractivity contribution in [2.75, 3.05) is 0 Å². The van der Waals surface area contributed by atoms with E-state index < -0.39 is 0 Å². The molecule has 0 N–H and O–H groups in total. The van der Waals surface area contributed by atoms with E-state index in [9.17, 15) is 9.18 Å². The first-order valence-corrected chi connectivity index (χ1v) is 7.19. The van der Waals surface area contributed by atoms with Gasteiger partial charge in [0.25, 0.3) is 5.56 Å². The first-order chi connectivity index (χ1) is 10.6. The van der Waals surface area contributed by atoms with E-state index in [1.807, 2.05) is 17.7 Å². The zero-order chi connectivity index (χ0) is 15.7. The van der Waals surface area contributed by atoms with Crippen molar-refractivity contribution in [3.05, 3.63) is 58.4 Å². The summed E-state index contributed by atoms with van der Waals surface area (Å²) in [6.07, 6.45) is 5.96. The molecule has 0 aliphatic heterocycles. The second kappa shape index (κ2) is 5.71. The van der Waals surface area contributed by atoms with E-state index in [4.69, 9.17) is 0 Å². The highest BCUT2D eigenvalue weighted by Crippen LogP contribution is 2.13. The van der Waals surface area contributed by atoms with Gasteiger partial charge in [-0.3, -0.25) is 9.36 Å². The van der Waals surface area contributed by atoms with Gasteiger partial charge in [-0.2, -0.15) is 0 Å². The lowest BCUT2D eigenvalue weighted by Gasteiger charge is -2.08. The largest absolute Gasteiger partial charge is 0.335 e. The number of aryl methyl sites for hydroxylation is 4. The predicted octanol–water partition coefficient (Wildman–Crippen LogP) is 2.44. The number of nitrogens with zero attached hydrogens (tertiary/aromatic N) is 4. The minimum absolute atomic E-state index is 0.129. The van der Waals surface area contributed by atoms with Crippen LogP contribution in [0.15, 0.2) is 35.6 Å². The molecule has 3 aromatic rings. The maximum absolute atomic E-state index is 13.5. The maximum atomic E-state index is 13.5. The van der Waals surface area contributed by atoms with Crippen LogP contribution in [0, 0.1) is 19.7 Å². The molecule has 0 amide bonds. The fourth-order valence-electron chi connectivity index (χ4n) is 2.50. The zero-order valence-electron chi connectivity index (χ0n) is 12.6. The van der Waals surface area contributed by atoms with E-state index in [1.165, 1.54) is 12.4 Å². The third-order valence-electron chi connectivity index (χ3n) is 3.83. The molecule has 0 aliphatic rings. The molecule has 114 valence electrons. The Morgan fingerprint density at radius 3 is 2.64 bits per heavy atom. The molecule has 0 radical (unpaired) electrons. The van der Waals surface area contributed by atoms with Crippen molar-refractivity contribution in [2.24, 2.45) is 0 Å². The van der Waals surface area contributed by atoms with Gasteiger partial charge in [-0.1, -0.05) is 0 Å². The molecule has 0 aliphatic carbocycles. The van der Waals surface area contributed by atoms with E-state index in [-0.39, 0.29) is 11.4 Å². The Morgan fingerprint density at radius 1 is 1.14 bits per heavy atom. The fraction of sp³-hybridized carbons (Fsp3) is 0.312. The Morgan fingerprint density at radius 2 is 1.91 bits per heavy atom. The van der Waals surface area contributed by atoms with Gasteiger partial charge in [-0.05, 0) is 31.9 Å². The second-order valence-corrected chi connectivity index (χ2v) is 5.38. The summed E-state index contributed by atoms with van der Waals surface area (Å²) >= 11 is 0. The Hall–Kier alpha value is -2.50. The van der Waals surface area contributed by atoms with Gasteiger partial charge in [0, 0.05) is 31.5 Å². The van der Waals surface area contributed by atoms with E-state index in [1.54, 1.807) is 23.8 Å². The topological polar surface area (TPSA) is 52.7 Å². The minimum Gasteiger partial charge on any atom is -0.335 e. The molecular formula is C16H17FN4O. The predicted molar refractivity (Wildman–Crippen MR) is 82.3 cm³/mol. The highest BCUT2D eigenvalue weighted by molar-refractivity contribution is 5.78. The van der Waals surface area contributed by atoms with Crippen LogP contribution in [0.3, 0.4) is 0 Å². The van der Waals surface area contributed by atoms with E-state index in [0.29, 0.717) is 23.0 Å². The first-order valence-electron chi connectivity index (χ1n) is 7.19. The van der Waals surface area contributed by atoms with E-state index in [2.05, 4.69) is 9.97 Å². The van der Waals surface area contributed by atoms with Crippen LogP contribution in [-0.4, -0.2) is 19.1 Å². The van der Waals surface area contributed by atoms with Crippen molar-refractivity contribution in [1.29, 1.82) is 0 Å². The summed E-state index contributed by atoms with van der Waals surface area (Å²) in [6, 6.07) is 2.88. The second-order valence-electron chi connectivity index (χ2n) is 5.38. The minimum atomic E-state index is -0.340. The zero-order valence-corrected chi connectivity index (χ0v) is 12.6. The van der Waals surface area contributed by atoms with Gasteiger partial charge in [-0.25, -0.2) is 14.4 Å².